The standard InChI is InChI=1S/C9H14O3.C5H10.2CH3.Fe/c1-7(11)12-6-9-4-2-3-8(9)5-10;1-2-4-5-3-1;;;/h5,8-9H,2-4,6H2,1H3;1-5H2;2*1H3;/q;;2*-1;+2. The Hall–Kier alpha value is -0.341. The Morgan fingerprint density at radius 2 is 1.55 bits per heavy atom. The summed E-state index contributed by atoms with van der Waals surface area (Å²) in [5, 5.41) is 0. The first-order valence-corrected chi connectivity index (χ1v) is 6.82. The molecule has 0 aliphatic heterocycles. The number of rotatable bonds is 3. The third-order valence-electron chi connectivity index (χ3n) is 3.64. The van der Waals surface area contributed by atoms with Crippen LogP contribution in [-0.2, 0) is 31.4 Å². The van der Waals surface area contributed by atoms with Crippen LogP contribution in [-0.4, -0.2) is 18.9 Å². The van der Waals surface area contributed by atoms with Crippen LogP contribution < -0.4 is 0 Å². The van der Waals surface area contributed by atoms with E-state index in [0.717, 1.165) is 25.5 Å². The van der Waals surface area contributed by atoms with Crippen molar-refractivity contribution in [3.8, 4) is 0 Å². The maximum Gasteiger partial charge on any atom is 2.00 e. The van der Waals surface area contributed by atoms with E-state index in [2.05, 4.69) is 0 Å². The molecule has 0 radical (unpaired) electrons. The van der Waals surface area contributed by atoms with E-state index in [4.69, 9.17) is 4.74 Å². The van der Waals surface area contributed by atoms with Gasteiger partial charge in [-0.25, -0.2) is 0 Å². The first kappa shape index (κ1) is 24.7. The van der Waals surface area contributed by atoms with Gasteiger partial charge in [-0.15, -0.1) is 0 Å². The fourth-order valence-corrected chi connectivity index (χ4v) is 2.56. The van der Waals surface area contributed by atoms with Crippen LogP contribution in [0.3, 0.4) is 0 Å². The fraction of sp³-hybridized carbons (Fsp3) is 0.750. The topological polar surface area (TPSA) is 43.4 Å². The summed E-state index contributed by atoms with van der Waals surface area (Å²) < 4.78 is 4.86. The molecule has 0 bridgehead atoms. The number of aldehydes is 1. The predicted octanol–water partition coefficient (Wildman–Crippen LogP) is 4.01. The molecule has 2 unspecified atom stereocenters. The molecule has 0 N–H and O–H groups in total. The van der Waals surface area contributed by atoms with Crippen molar-refractivity contribution in [1.29, 1.82) is 0 Å². The molecule has 2 atom stereocenters. The summed E-state index contributed by atoms with van der Waals surface area (Å²) in [5.74, 6) is 0.127. The molecule has 0 spiro atoms. The molecule has 0 heterocycles. The Labute approximate surface area is 135 Å². The van der Waals surface area contributed by atoms with E-state index in [-0.39, 0.29) is 49.7 Å². The molecule has 3 nitrogen and oxygen atoms in total. The van der Waals surface area contributed by atoms with Gasteiger partial charge in [0.05, 0.1) is 6.61 Å². The van der Waals surface area contributed by atoms with Gasteiger partial charge in [0.15, 0.2) is 0 Å². The largest absolute Gasteiger partial charge is 2.00 e. The van der Waals surface area contributed by atoms with Gasteiger partial charge in [0.2, 0.25) is 0 Å². The first-order valence-electron chi connectivity index (χ1n) is 6.82. The minimum absolute atomic E-state index is 0. The van der Waals surface area contributed by atoms with Gasteiger partial charge in [-0.05, 0) is 12.8 Å². The molecule has 2 aliphatic rings. The second kappa shape index (κ2) is 15.1. The molecule has 2 saturated carbocycles. The van der Waals surface area contributed by atoms with Crippen LogP contribution in [0, 0.1) is 26.7 Å². The van der Waals surface area contributed by atoms with Crippen LogP contribution in [0.5, 0.6) is 0 Å². The summed E-state index contributed by atoms with van der Waals surface area (Å²) in [6, 6.07) is 0. The van der Waals surface area contributed by atoms with Crippen LogP contribution in [0.4, 0.5) is 0 Å². The summed E-state index contributed by atoms with van der Waals surface area (Å²) in [6.07, 6.45) is 11.5. The molecule has 4 heteroatoms. The Bertz CT molecular complexity index is 232. The van der Waals surface area contributed by atoms with Crippen molar-refractivity contribution in [3.05, 3.63) is 14.9 Å². The Morgan fingerprint density at radius 3 is 1.95 bits per heavy atom. The maximum absolute atomic E-state index is 10.5. The van der Waals surface area contributed by atoms with Crippen molar-refractivity contribution >= 4 is 12.3 Å². The van der Waals surface area contributed by atoms with Crippen molar-refractivity contribution in [2.45, 2.75) is 58.3 Å². The molecule has 120 valence electrons. The fourth-order valence-electron chi connectivity index (χ4n) is 2.56. The van der Waals surface area contributed by atoms with Gasteiger partial charge in [0.1, 0.15) is 6.29 Å². The van der Waals surface area contributed by atoms with E-state index in [9.17, 15) is 9.59 Å². The van der Waals surface area contributed by atoms with Gasteiger partial charge < -0.3 is 24.4 Å². The molecule has 0 saturated heterocycles. The van der Waals surface area contributed by atoms with E-state index in [1.807, 2.05) is 0 Å². The molecule has 2 aliphatic carbocycles. The molecular weight excluding hydrogens is 296 g/mol. The smallest absolute Gasteiger partial charge is 0.466 e. The minimum atomic E-state index is -0.258. The van der Waals surface area contributed by atoms with Crippen molar-refractivity contribution in [1.82, 2.24) is 0 Å². The molecule has 0 amide bonds. The average molecular weight is 326 g/mol. The number of hydrogen-bond acceptors (Lipinski definition) is 3. The van der Waals surface area contributed by atoms with Crippen molar-refractivity contribution in [2.75, 3.05) is 6.61 Å². The van der Waals surface area contributed by atoms with Gasteiger partial charge in [-0.1, -0.05) is 38.5 Å². The van der Waals surface area contributed by atoms with Crippen molar-refractivity contribution in [3.63, 3.8) is 0 Å². The zero-order valence-electron chi connectivity index (χ0n) is 13.2. The molecule has 0 aromatic carbocycles. The van der Waals surface area contributed by atoms with Crippen LogP contribution in [0.25, 0.3) is 0 Å². The van der Waals surface area contributed by atoms with Gasteiger partial charge in [-0.3, -0.25) is 4.79 Å². The van der Waals surface area contributed by atoms with E-state index in [1.54, 1.807) is 0 Å². The molecule has 2 fully saturated rings. The maximum atomic E-state index is 10.5. The summed E-state index contributed by atoms with van der Waals surface area (Å²) in [4.78, 5) is 21.0. The number of ether oxygens (including phenoxy) is 1. The van der Waals surface area contributed by atoms with Gasteiger partial charge in [0.25, 0.3) is 0 Å². The quantitative estimate of drug-likeness (QED) is 0.341. The van der Waals surface area contributed by atoms with E-state index >= 15 is 0 Å². The molecular formula is C16H30FeO3. The van der Waals surface area contributed by atoms with Crippen molar-refractivity contribution < 1.29 is 31.4 Å². The van der Waals surface area contributed by atoms with Crippen LogP contribution in [0.2, 0.25) is 0 Å². The second-order valence-electron chi connectivity index (χ2n) is 5.06. The molecule has 20 heavy (non-hydrogen) atoms. The molecule has 2 rings (SSSR count). The predicted molar refractivity (Wildman–Crippen MR) is 79.4 cm³/mol. The number of hydrogen-bond donors (Lipinski definition) is 0. The average Bonchev–Trinajstić information content (AvgIpc) is 3.00. The summed E-state index contributed by atoms with van der Waals surface area (Å²) >= 11 is 0. The normalized spacial score (nSPS) is 23.1. The zero-order chi connectivity index (χ0) is 12.5. The van der Waals surface area contributed by atoms with Gasteiger partial charge in [-0.2, -0.15) is 0 Å². The van der Waals surface area contributed by atoms with E-state index in [0.29, 0.717) is 6.61 Å². The Kier molecular flexibility index (Phi) is 18.6. The summed E-state index contributed by atoms with van der Waals surface area (Å²) in [5.41, 5.74) is 0. The third-order valence-corrected chi connectivity index (χ3v) is 3.64. The van der Waals surface area contributed by atoms with E-state index in [1.165, 1.54) is 39.0 Å². The number of carbonyl (C=O) groups is 2. The number of carbonyl (C=O) groups excluding carboxylic acids is 2. The Balaban J connectivity index is -0.000000312. The molecule has 0 aromatic rings. The molecule has 0 aromatic heterocycles. The first-order chi connectivity index (χ1) is 8.24. The van der Waals surface area contributed by atoms with Gasteiger partial charge >= 0.3 is 23.0 Å². The minimum Gasteiger partial charge on any atom is -0.466 e. The second-order valence-corrected chi connectivity index (χ2v) is 5.06. The number of esters is 1. The van der Waals surface area contributed by atoms with Crippen LogP contribution >= 0.6 is 0 Å². The Morgan fingerprint density at radius 1 is 1.05 bits per heavy atom. The van der Waals surface area contributed by atoms with Crippen molar-refractivity contribution in [2.24, 2.45) is 11.8 Å². The zero-order valence-corrected chi connectivity index (χ0v) is 14.3. The van der Waals surface area contributed by atoms with E-state index < -0.39 is 0 Å². The SMILES string of the molecule is C1CCCC1.CC(=O)OCC1CCCC1C=O.[CH3-].[CH3-].[Fe+2]. The summed E-state index contributed by atoms with van der Waals surface area (Å²) in [7, 11) is 0. The third kappa shape index (κ3) is 10.4. The monoisotopic (exact) mass is 326 g/mol. The van der Waals surface area contributed by atoms with Gasteiger partial charge in [0, 0.05) is 18.8 Å². The summed E-state index contributed by atoms with van der Waals surface area (Å²) in [6.45, 7) is 1.81. The van der Waals surface area contributed by atoms with Crippen LogP contribution in [0.15, 0.2) is 0 Å². The van der Waals surface area contributed by atoms with Crippen LogP contribution in [0.1, 0.15) is 58.3 Å².